The number of anilines is 1. The number of tetrazole rings is 1. The minimum absolute atomic E-state index is 0.0937. The Hall–Kier alpha value is -3.16. The van der Waals surface area contributed by atoms with Gasteiger partial charge in [0.15, 0.2) is 0 Å². The van der Waals surface area contributed by atoms with Crippen molar-refractivity contribution in [3.63, 3.8) is 0 Å². The second kappa shape index (κ2) is 9.54. The molecule has 1 atom stereocenters. The average Bonchev–Trinajstić information content (AvgIpc) is 3.51. The summed E-state index contributed by atoms with van der Waals surface area (Å²) in [4.78, 5) is 12.8. The van der Waals surface area contributed by atoms with Crippen LogP contribution in [0.3, 0.4) is 0 Å². The van der Waals surface area contributed by atoms with Crippen molar-refractivity contribution in [2.24, 2.45) is 0 Å². The summed E-state index contributed by atoms with van der Waals surface area (Å²) >= 11 is 1.24. The molecule has 1 aromatic carbocycles. The Morgan fingerprint density at radius 2 is 2.09 bits per heavy atom. The maximum absolute atomic E-state index is 12.8. The standard InChI is InChI=1S/C22H25N7O2S/c1-14-6-8-17(9-7-14)29-22(25-26-27-29)32-13-20(30)24-21-19(11-23)15(2)16(3)28(21)12-18-5-4-10-31-18/h6-9,18H,4-5,10,12-13H2,1-3H3,(H,24,30)/t18-/m0/s1. The Morgan fingerprint density at radius 3 is 2.78 bits per heavy atom. The highest BCUT2D eigenvalue weighted by molar-refractivity contribution is 7.99. The second-order valence-corrected chi connectivity index (χ2v) is 8.78. The molecule has 3 aromatic rings. The molecule has 1 N–H and O–H groups in total. The van der Waals surface area contributed by atoms with E-state index < -0.39 is 0 Å². The molecule has 1 aliphatic heterocycles. The number of rotatable bonds is 7. The number of carbonyl (C=O) groups is 1. The maximum Gasteiger partial charge on any atom is 0.235 e. The fourth-order valence-electron chi connectivity index (χ4n) is 3.77. The summed E-state index contributed by atoms with van der Waals surface area (Å²) in [5, 5.41) is 25.0. The first-order chi connectivity index (χ1) is 15.5. The van der Waals surface area contributed by atoms with Gasteiger partial charge in [0.1, 0.15) is 11.9 Å². The van der Waals surface area contributed by atoms with Crippen LogP contribution in [0.2, 0.25) is 0 Å². The monoisotopic (exact) mass is 451 g/mol. The molecule has 1 fully saturated rings. The first kappa shape index (κ1) is 22.0. The van der Waals surface area contributed by atoms with Gasteiger partial charge >= 0.3 is 0 Å². The summed E-state index contributed by atoms with van der Waals surface area (Å²) < 4.78 is 9.36. The van der Waals surface area contributed by atoms with Crippen molar-refractivity contribution in [3.05, 3.63) is 46.6 Å². The highest BCUT2D eigenvalue weighted by Gasteiger charge is 2.24. The van der Waals surface area contributed by atoms with E-state index in [1.165, 1.54) is 11.8 Å². The lowest BCUT2D eigenvalue weighted by molar-refractivity contribution is -0.113. The molecular formula is C22H25N7O2S. The highest BCUT2D eigenvalue weighted by Crippen LogP contribution is 2.29. The van der Waals surface area contributed by atoms with Gasteiger partial charge in [0.25, 0.3) is 0 Å². The molecular weight excluding hydrogens is 426 g/mol. The number of hydrogen-bond donors (Lipinski definition) is 1. The zero-order valence-electron chi connectivity index (χ0n) is 18.3. The zero-order valence-corrected chi connectivity index (χ0v) is 19.1. The number of hydrogen-bond acceptors (Lipinski definition) is 7. The van der Waals surface area contributed by atoms with Crippen molar-refractivity contribution in [2.45, 2.75) is 51.4 Å². The number of carbonyl (C=O) groups excluding carboxylic acids is 1. The molecule has 0 spiro atoms. The van der Waals surface area contributed by atoms with Crippen molar-refractivity contribution in [1.82, 2.24) is 24.8 Å². The summed E-state index contributed by atoms with van der Waals surface area (Å²) in [6, 6.07) is 10.1. The van der Waals surface area contributed by atoms with Gasteiger partial charge in [0, 0.05) is 12.3 Å². The summed E-state index contributed by atoms with van der Waals surface area (Å²) in [6.45, 7) is 7.24. The lowest BCUT2D eigenvalue weighted by Gasteiger charge is -2.16. The van der Waals surface area contributed by atoms with Gasteiger partial charge in [0.05, 0.1) is 29.7 Å². The summed E-state index contributed by atoms with van der Waals surface area (Å²) in [5.41, 5.74) is 4.29. The Morgan fingerprint density at radius 1 is 1.31 bits per heavy atom. The number of nitriles is 1. The normalized spacial score (nSPS) is 15.6. The number of benzene rings is 1. The molecule has 1 amide bonds. The Kier molecular flexibility index (Phi) is 6.58. The van der Waals surface area contributed by atoms with Crippen LogP contribution in [-0.4, -0.2) is 49.1 Å². The van der Waals surface area contributed by atoms with Crippen LogP contribution in [0.4, 0.5) is 5.82 Å². The van der Waals surface area contributed by atoms with E-state index in [1.807, 2.05) is 49.6 Å². The summed E-state index contributed by atoms with van der Waals surface area (Å²) in [5.74, 6) is 0.415. The number of amides is 1. The van der Waals surface area contributed by atoms with Crippen molar-refractivity contribution in [3.8, 4) is 11.8 Å². The molecule has 32 heavy (non-hydrogen) atoms. The van der Waals surface area contributed by atoms with Crippen LogP contribution < -0.4 is 5.32 Å². The van der Waals surface area contributed by atoms with Crippen LogP contribution in [0.25, 0.3) is 5.69 Å². The fourth-order valence-corrected chi connectivity index (χ4v) is 4.46. The van der Waals surface area contributed by atoms with Gasteiger partial charge in [-0.05, 0) is 61.7 Å². The van der Waals surface area contributed by atoms with Crippen LogP contribution in [0.5, 0.6) is 0 Å². The molecule has 0 saturated carbocycles. The van der Waals surface area contributed by atoms with E-state index in [0.29, 0.717) is 23.1 Å². The lowest BCUT2D eigenvalue weighted by Crippen LogP contribution is -2.22. The van der Waals surface area contributed by atoms with E-state index in [1.54, 1.807) is 4.68 Å². The molecule has 3 heterocycles. The predicted molar refractivity (Wildman–Crippen MR) is 121 cm³/mol. The van der Waals surface area contributed by atoms with Crippen molar-refractivity contribution in [2.75, 3.05) is 17.7 Å². The van der Waals surface area contributed by atoms with Crippen LogP contribution in [0.1, 0.15) is 35.2 Å². The van der Waals surface area contributed by atoms with Crippen LogP contribution in [-0.2, 0) is 16.1 Å². The molecule has 1 aliphatic rings. The number of ether oxygens (including phenoxy) is 1. The van der Waals surface area contributed by atoms with E-state index in [-0.39, 0.29) is 17.8 Å². The van der Waals surface area contributed by atoms with E-state index in [4.69, 9.17) is 4.74 Å². The molecule has 4 rings (SSSR count). The third kappa shape index (κ3) is 4.54. The first-order valence-corrected chi connectivity index (χ1v) is 11.5. The second-order valence-electron chi connectivity index (χ2n) is 7.84. The smallest absolute Gasteiger partial charge is 0.235 e. The molecule has 0 radical (unpaired) electrons. The minimum atomic E-state index is -0.226. The molecule has 0 aliphatic carbocycles. The summed E-state index contributed by atoms with van der Waals surface area (Å²) in [6.07, 6.45) is 2.10. The number of aromatic nitrogens is 5. The topological polar surface area (TPSA) is 111 Å². The lowest BCUT2D eigenvalue weighted by atomic mass is 10.2. The van der Waals surface area contributed by atoms with Crippen molar-refractivity contribution >= 4 is 23.5 Å². The largest absolute Gasteiger partial charge is 0.376 e. The highest BCUT2D eigenvalue weighted by atomic mass is 32.2. The molecule has 2 aromatic heterocycles. The van der Waals surface area contributed by atoms with Gasteiger partial charge < -0.3 is 14.6 Å². The molecule has 0 unspecified atom stereocenters. The Bertz CT molecular complexity index is 1150. The van der Waals surface area contributed by atoms with Crippen molar-refractivity contribution < 1.29 is 9.53 Å². The molecule has 9 nitrogen and oxygen atoms in total. The maximum atomic E-state index is 12.8. The summed E-state index contributed by atoms with van der Waals surface area (Å²) in [7, 11) is 0. The molecule has 10 heteroatoms. The predicted octanol–water partition coefficient (Wildman–Crippen LogP) is 3.17. The van der Waals surface area contributed by atoms with E-state index >= 15 is 0 Å². The number of nitrogens with zero attached hydrogens (tertiary/aromatic N) is 6. The van der Waals surface area contributed by atoms with E-state index in [0.717, 1.165) is 42.0 Å². The van der Waals surface area contributed by atoms with Crippen LogP contribution in [0.15, 0.2) is 29.4 Å². The number of aryl methyl sites for hydroxylation is 1. The molecule has 166 valence electrons. The quantitative estimate of drug-likeness (QED) is 0.549. The van der Waals surface area contributed by atoms with Gasteiger partial charge in [-0.25, -0.2) is 0 Å². The zero-order chi connectivity index (χ0) is 22.7. The minimum Gasteiger partial charge on any atom is -0.376 e. The van der Waals surface area contributed by atoms with E-state index in [9.17, 15) is 10.1 Å². The third-order valence-electron chi connectivity index (χ3n) is 5.66. The number of thioether (sulfide) groups is 1. The van der Waals surface area contributed by atoms with E-state index in [2.05, 4.69) is 26.9 Å². The average molecular weight is 452 g/mol. The fraction of sp³-hybridized carbons (Fsp3) is 0.409. The van der Waals surface area contributed by atoms with Gasteiger partial charge in [-0.2, -0.15) is 9.94 Å². The first-order valence-electron chi connectivity index (χ1n) is 10.5. The van der Waals surface area contributed by atoms with Gasteiger partial charge in [-0.3, -0.25) is 4.79 Å². The van der Waals surface area contributed by atoms with Gasteiger partial charge in [-0.1, -0.05) is 29.5 Å². The Balaban J connectivity index is 1.48. The Labute approximate surface area is 190 Å². The van der Waals surface area contributed by atoms with Gasteiger partial charge in [-0.15, -0.1) is 5.10 Å². The van der Waals surface area contributed by atoms with Crippen LogP contribution >= 0.6 is 11.8 Å². The molecule has 1 saturated heterocycles. The molecule has 0 bridgehead atoms. The SMILES string of the molecule is Cc1ccc(-n2nnnc2SCC(=O)Nc2c(C#N)c(C)c(C)n2C[C@@H]2CCCO2)cc1. The van der Waals surface area contributed by atoms with Crippen molar-refractivity contribution in [1.29, 1.82) is 5.26 Å². The number of nitrogens with one attached hydrogen (secondary N) is 1. The third-order valence-corrected chi connectivity index (χ3v) is 6.58. The van der Waals surface area contributed by atoms with Crippen LogP contribution in [0, 0.1) is 32.1 Å². The van der Waals surface area contributed by atoms with Gasteiger partial charge in [0.2, 0.25) is 11.1 Å².